The van der Waals surface area contributed by atoms with Gasteiger partial charge in [0.05, 0.1) is 0 Å². The standard InChI is InChI=1S/C6H8NOPS.2H3N/c7-9(8,10)6-4-2-1-3-5-6;;/h1-5H,(H3,7,8,10);2*1H3. The summed E-state index contributed by atoms with van der Waals surface area (Å²) < 4.78 is 0. The van der Waals surface area contributed by atoms with Crippen molar-refractivity contribution in [1.82, 2.24) is 12.3 Å². The SMILES string of the molecule is N.N.NP(O)(=S)c1ccccc1. The highest BCUT2D eigenvalue weighted by Gasteiger charge is 2.06. The highest BCUT2D eigenvalue weighted by Crippen LogP contribution is 2.28. The first-order valence-electron chi connectivity index (χ1n) is 2.78. The highest BCUT2D eigenvalue weighted by molar-refractivity contribution is 8.14. The van der Waals surface area contributed by atoms with E-state index in [9.17, 15) is 4.89 Å². The third-order valence-corrected chi connectivity index (χ3v) is 2.80. The molecule has 0 saturated heterocycles. The van der Waals surface area contributed by atoms with Crippen LogP contribution in [-0.4, -0.2) is 4.89 Å². The second kappa shape index (κ2) is 5.37. The molecule has 0 amide bonds. The van der Waals surface area contributed by atoms with Crippen molar-refractivity contribution in [2.24, 2.45) is 5.50 Å². The molecule has 4 nitrogen and oxygen atoms in total. The van der Waals surface area contributed by atoms with Crippen molar-refractivity contribution in [1.29, 1.82) is 0 Å². The molecule has 6 heteroatoms. The molecule has 0 heterocycles. The summed E-state index contributed by atoms with van der Waals surface area (Å²) in [5.41, 5.74) is 5.34. The molecule has 0 spiro atoms. The third kappa shape index (κ3) is 3.92. The van der Waals surface area contributed by atoms with Crippen molar-refractivity contribution in [2.45, 2.75) is 0 Å². The maximum Gasteiger partial charge on any atom is 0.153 e. The van der Waals surface area contributed by atoms with Crippen molar-refractivity contribution in [3.05, 3.63) is 30.3 Å². The number of hydrogen-bond donors (Lipinski definition) is 4. The summed E-state index contributed by atoms with van der Waals surface area (Å²) in [7, 11) is 0. The lowest BCUT2D eigenvalue weighted by Crippen LogP contribution is -2.09. The van der Waals surface area contributed by atoms with Crippen molar-refractivity contribution in [3.63, 3.8) is 0 Å². The molecule has 0 aliphatic heterocycles. The monoisotopic (exact) mass is 207 g/mol. The maximum absolute atomic E-state index is 9.19. The molecule has 9 N–H and O–H groups in total. The predicted molar refractivity (Wildman–Crippen MR) is 56.8 cm³/mol. The van der Waals surface area contributed by atoms with Crippen LogP contribution in [0.5, 0.6) is 0 Å². The molecular weight excluding hydrogens is 193 g/mol. The van der Waals surface area contributed by atoms with Crippen LogP contribution in [0, 0.1) is 0 Å². The quantitative estimate of drug-likeness (QED) is 0.510. The van der Waals surface area contributed by atoms with Crippen LogP contribution in [0.3, 0.4) is 0 Å². The molecule has 1 atom stereocenters. The Hall–Kier alpha value is -0.290. The van der Waals surface area contributed by atoms with Crippen molar-refractivity contribution in [2.75, 3.05) is 0 Å². The van der Waals surface area contributed by atoms with Gasteiger partial charge in [-0.3, -0.25) is 5.50 Å². The maximum atomic E-state index is 9.19. The molecule has 0 bridgehead atoms. The van der Waals surface area contributed by atoms with E-state index < -0.39 is 6.42 Å². The minimum Gasteiger partial charge on any atom is -0.351 e. The van der Waals surface area contributed by atoms with Crippen molar-refractivity contribution >= 4 is 23.5 Å². The first kappa shape index (κ1) is 14.2. The summed E-state index contributed by atoms with van der Waals surface area (Å²) in [4.78, 5) is 9.19. The van der Waals surface area contributed by atoms with Gasteiger partial charge in [-0.15, -0.1) is 0 Å². The summed E-state index contributed by atoms with van der Waals surface area (Å²) in [6.45, 7) is 0. The van der Waals surface area contributed by atoms with E-state index in [1.54, 1.807) is 24.3 Å². The Bertz CT molecular complexity index is 261. The summed E-state index contributed by atoms with van der Waals surface area (Å²) in [6, 6.07) is 8.94. The van der Waals surface area contributed by atoms with Gasteiger partial charge in [-0.05, 0) is 11.8 Å². The fraction of sp³-hybridized carbons (Fsp3) is 0. The van der Waals surface area contributed by atoms with Gasteiger partial charge in [0.2, 0.25) is 0 Å². The van der Waals surface area contributed by atoms with Gasteiger partial charge in [0.25, 0.3) is 0 Å². The lowest BCUT2D eigenvalue weighted by Gasteiger charge is -2.06. The van der Waals surface area contributed by atoms with Gasteiger partial charge in [0.15, 0.2) is 6.42 Å². The Morgan fingerprint density at radius 3 is 1.83 bits per heavy atom. The second-order valence-electron chi connectivity index (χ2n) is 1.96. The lowest BCUT2D eigenvalue weighted by atomic mass is 10.4. The molecule has 0 aliphatic rings. The highest BCUT2D eigenvalue weighted by atomic mass is 32.4. The summed E-state index contributed by atoms with van der Waals surface area (Å²) in [5, 5.41) is 0.657. The third-order valence-electron chi connectivity index (χ3n) is 1.13. The molecule has 1 rings (SSSR count). The largest absolute Gasteiger partial charge is 0.351 e. The van der Waals surface area contributed by atoms with Crippen LogP contribution in [0.1, 0.15) is 0 Å². The van der Waals surface area contributed by atoms with Crippen LogP contribution in [0.2, 0.25) is 0 Å². The Morgan fingerprint density at radius 2 is 1.58 bits per heavy atom. The smallest absolute Gasteiger partial charge is 0.153 e. The fourth-order valence-corrected chi connectivity index (χ4v) is 1.61. The van der Waals surface area contributed by atoms with Gasteiger partial charge in [0.1, 0.15) is 0 Å². The number of benzene rings is 1. The first-order chi connectivity index (χ1) is 4.61. The van der Waals surface area contributed by atoms with Crippen LogP contribution in [-0.2, 0) is 11.8 Å². The van der Waals surface area contributed by atoms with Gasteiger partial charge < -0.3 is 17.2 Å². The van der Waals surface area contributed by atoms with Crippen LogP contribution >= 0.6 is 6.42 Å². The van der Waals surface area contributed by atoms with E-state index in [1.807, 2.05) is 6.07 Å². The Balaban J connectivity index is 0. The summed E-state index contributed by atoms with van der Waals surface area (Å²) in [6.07, 6.45) is -2.68. The van der Waals surface area contributed by atoms with E-state index >= 15 is 0 Å². The second-order valence-corrected chi connectivity index (χ2v) is 5.39. The molecule has 0 fully saturated rings. The Morgan fingerprint density at radius 1 is 1.17 bits per heavy atom. The average Bonchev–Trinajstić information content (AvgIpc) is 1.88. The zero-order chi connectivity index (χ0) is 7.61. The molecule has 0 saturated carbocycles. The summed E-state index contributed by atoms with van der Waals surface area (Å²) in [5.74, 6) is 0. The van der Waals surface area contributed by atoms with Crippen LogP contribution < -0.4 is 23.1 Å². The zero-order valence-electron chi connectivity index (χ0n) is 6.68. The Labute approximate surface area is 77.1 Å². The van der Waals surface area contributed by atoms with E-state index in [1.165, 1.54) is 0 Å². The van der Waals surface area contributed by atoms with E-state index in [0.717, 1.165) is 0 Å². The molecule has 12 heavy (non-hydrogen) atoms. The average molecular weight is 207 g/mol. The molecule has 1 aromatic rings. The first-order valence-corrected chi connectivity index (χ1v) is 5.60. The molecule has 0 aromatic heterocycles. The topological polar surface area (TPSA) is 116 Å². The molecule has 70 valence electrons. The van der Waals surface area contributed by atoms with Gasteiger partial charge in [-0.2, -0.15) is 0 Å². The van der Waals surface area contributed by atoms with E-state index in [2.05, 4.69) is 0 Å². The van der Waals surface area contributed by atoms with Crippen molar-refractivity contribution in [3.8, 4) is 0 Å². The fourth-order valence-electron chi connectivity index (χ4n) is 0.642. The molecular formula is C6H14N3OPS. The molecule has 1 aromatic carbocycles. The zero-order valence-corrected chi connectivity index (χ0v) is 8.39. The van der Waals surface area contributed by atoms with Gasteiger partial charge >= 0.3 is 0 Å². The molecule has 0 radical (unpaired) electrons. The van der Waals surface area contributed by atoms with E-state index in [4.69, 9.17) is 17.3 Å². The van der Waals surface area contributed by atoms with Gasteiger partial charge in [-0.25, -0.2) is 0 Å². The van der Waals surface area contributed by atoms with E-state index in [-0.39, 0.29) is 12.3 Å². The number of hydrogen-bond acceptors (Lipinski definition) is 3. The number of nitrogens with two attached hydrogens (primary N) is 1. The van der Waals surface area contributed by atoms with Crippen molar-refractivity contribution < 1.29 is 4.89 Å². The minimum absolute atomic E-state index is 0. The predicted octanol–water partition coefficient (Wildman–Crippen LogP) is 0.896. The van der Waals surface area contributed by atoms with Gasteiger partial charge in [-0.1, -0.05) is 30.3 Å². The molecule has 1 unspecified atom stereocenters. The molecule has 0 aliphatic carbocycles. The minimum atomic E-state index is -2.68. The lowest BCUT2D eigenvalue weighted by molar-refractivity contribution is 0.634. The summed E-state index contributed by atoms with van der Waals surface area (Å²) >= 11 is 4.70. The van der Waals surface area contributed by atoms with E-state index in [0.29, 0.717) is 5.30 Å². The van der Waals surface area contributed by atoms with Crippen LogP contribution in [0.4, 0.5) is 0 Å². The Kier molecular flexibility index (Phi) is 6.38. The van der Waals surface area contributed by atoms with Gasteiger partial charge in [0, 0.05) is 5.30 Å². The van der Waals surface area contributed by atoms with Crippen LogP contribution in [0.15, 0.2) is 30.3 Å². The van der Waals surface area contributed by atoms with Crippen LogP contribution in [0.25, 0.3) is 0 Å². The normalized spacial score (nSPS) is 13.5. The number of rotatable bonds is 1.